The third-order valence-electron chi connectivity index (χ3n) is 3.58. The molecule has 0 bridgehead atoms. The minimum absolute atomic E-state index is 0.170. The fourth-order valence-corrected chi connectivity index (χ4v) is 2.47. The van der Waals surface area contributed by atoms with Crippen LogP contribution in [0.1, 0.15) is 5.56 Å². The minimum atomic E-state index is -0.899. The lowest BCUT2D eigenvalue weighted by Gasteiger charge is -2.17. The van der Waals surface area contributed by atoms with E-state index >= 15 is 0 Å². The molecule has 1 unspecified atom stereocenters. The molecule has 0 aliphatic rings. The van der Waals surface area contributed by atoms with E-state index in [0.29, 0.717) is 13.1 Å². The summed E-state index contributed by atoms with van der Waals surface area (Å²) in [5.74, 6) is -0.308. The van der Waals surface area contributed by atoms with E-state index < -0.39 is 6.10 Å². The van der Waals surface area contributed by atoms with Gasteiger partial charge in [0.25, 0.3) is 0 Å². The predicted octanol–water partition coefficient (Wildman–Crippen LogP) is 0.433. The molecule has 2 rings (SSSR count). The maximum Gasteiger partial charge on any atom is 0.123 e. The first kappa shape index (κ1) is 17.6. The van der Waals surface area contributed by atoms with Crippen molar-refractivity contribution in [2.75, 3.05) is 26.7 Å². The molecule has 126 valence electrons. The van der Waals surface area contributed by atoms with Crippen molar-refractivity contribution in [3.8, 4) is 11.3 Å². The number of nitrogens with zero attached hydrogens (tertiary/aromatic N) is 3. The van der Waals surface area contributed by atoms with E-state index in [0.717, 1.165) is 23.4 Å². The summed E-state index contributed by atoms with van der Waals surface area (Å²) in [5, 5.41) is 23.1. The maximum atomic E-state index is 13.2. The van der Waals surface area contributed by atoms with Crippen LogP contribution in [0.2, 0.25) is 0 Å². The highest BCUT2D eigenvalue weighted by Crippen LogP contribution is 2.25. The van der Waals surface area contributed by atoms with Crippen LogP contribution >= 0.6 is 0 Å². The van der Waals surface area contributed by atoms with E-state index in [4.69, 9.17) is 10.8 Å². The number of aromatic nitrogens is 2. The number of hydrogen-bond donors (Lipinski definition) is 3. The van der Waals surface area contributed by atoms with Gasteiger partial charge in [-0.25, -0.2) is 4.39 Å². The predicted molar refractivity (Wildman–Crippen MR) is 86.1 cm³/mol. The lowest BCUT2D eigenvalue weighted by atomic mass is 10.1. The molecule has 0 amide bonds. The van der Waals surface area contributed by atoms with Crippen LogP contribution in [0, 0.1) is 5.82 Å². The fraction of sp³-hybridized carbons (Fsp3) is 0.438. The molecule has 6 nitrogen and oxygen atoms in total. The van der Waals surface area contributed by atoms with Crippen LogP contribution < -0.4 is 5.73 Å². The molecule has 1 aromatic carbocycles. The second kappa shape index (κ2) is 8.16. The number of benzene rings is 1. The Labute approximate surface area is 135 Å². The standard InChI is InChI=1S/C16H23FN4O2/c1-20(7-6-18)9-13-8-19-21(10-15(23)11-22)16(13)12-2-4-14(17)5-3-12/h2-5,8,15,22-23H,6-7,9-11,18H2,1H3. The monoisotopic (exact) mass is 322 g/mol. The van der Waals surface area contributed by atoms with Gasteiger partial charge in [0.2, 0.25) is 0 Å². The minimum Gasteiger partial charge on any atom is -0.394 e. The van der Waals surface area contributed by atoms with Gasteiger partial charge < -0.3 is 20.8 Å². The van der Waals surface area contributed by atoms with Gasteiger partial charge in [0.1, 0.15) is 5.82 Å². The maximum absolute atomic E-state index is 13.2. The zero-order chi connectivity index (χ0) is 16.8. The van der Waals surface area contributed by atoms with Crippen LogP contribution in [0.5, 0.6) is 0 Å². The van der Waals surface area contributed by atoms with Crippen molar-refractivity contribution in [2.45, 2.75) is 19.2 Å². The summed E-state index contributed by atoms with van der Waals surface area (Å²) in [6.07, 6.45) is 0.833. The van der Waals surface area contributed by atoms with E-state index in [1.807, 2.05) is 7.05 Å². The van der Waals surface area contributed by atoms with Crippen molar-refractivity contribution >= 4 is 0 Å². The molecule has 1 heterocycles. The van der Waals surface area contributed by atoms with Gasteiger partial charge in [0, 0.05) is 30.8 Å². The summed E-state index contributed by atoms with van der Waals surface area (Å²) in [7, 11) is 1.96. The van der Waals surface area contributed by atoms with Gasteiger partial charge in [-0.15, -0.1) is 0 Å². The van der Waals surface area contributed by atoms with E-state index in [1.165, 1.54) is 12.1 Å². The molecule has 0 spiro atoms. The summed E-state index contributed by atoms with van der Waals surface area (Å²) in [6.45, 7) is 1.76. The van der Waals surface area contributed by atoms with Crippen LogP contribution in [0.4, 0.5) is 4.39 Å². The number of aliphatic hydroxyl groups is 2. The average molecular weight is 322 g/mol. The highest BCUT2D eigenvalue weighted by atomic mass is 19.1. The Morgan fingerprint density at radius 2 is 2.04 bits per heavy atom. The normalized spacial score (nSPS) is 12.8. The summed E-state index contributed by atoms with van der Waals surface area (Å²) in [4.78, 5) is 2.07. The Balaban J connectivity index is 2.36. The summed E-state index contributed by atoms with van der Waals surface area (Å²) in [6, 6.07) is 6.15. The largest absolute Gasteiger partial charge is 0.394 e. The second-order valence-corrected chi connectivity index (χ2v) is 5.57. The number of hydrogen-bond acceptors (Lipinski definition) is 5. The Morgan fingerprint density at radius 1 is 1.35 bits per heavy atom. The number of likely N-dealkylation sites (N-methyl/N-ethyl adjacent to an activating group) is 1. The fourth-order valence-electron chi connectivity index (χ4n) is 2.47. The zero-order valence-corrected chi connectivity index (χ0v) is 13.2. The SMILES string of the molecule is CN(CCN)Cc1cnn(CC(O)CO)c1-c1ccc(F)cc1. The molecule has 0 saturated heterocycles. The Hall–Kier alpha value is -1.80. The number of halogens is 1. The van der Waals surface area contributed by atoms with Gasteiger partial charge in [-0.05, 0) is 31.3 Å². The lowest BCUT2D eigenvalue weighted by molar-refractivity contribution is 0.0786. The lowest BCUT2D eigenvalue weighted by Crippen LogP contribution is -2.25. The quantitative estimate of drug-likeness (QED) is 0.656. The molecule has 1 atom stereocenters. The molecule has 7 heteroatoms. The van der Waals surface area contributed by atoms with E-state index in [2.05, 4.69) is 10.00 Å². The molecule has 0 saturated carbocycles. The molecule has 0 aliphatic carbocycles. The van der Waals surface area contributed by atoms with Gasteiger partial charge in [-0.1, -0.05) is 0 Å². The van der Waals surface area contributed by atoms with Gasteiger partial charge >= 0.3 is 0 Å². The van der Waals surface area contributed by atoms with Gasteiger partial charge in [0.05, 0.1) is 31.1 Å². The molecule has 2 aromatic rings. The number of nitrogens with two attached hydrogens (primary N) is 1. The summed E-state index contributed by atoms with van der Waals surface area (Å²) >= 11 is 0. The summed E-state index contributed by atoms with van der Waals surface area (Å²) < 4.78 is 14.8. The molecular formula is C16H23FN4O2. The van der Waals surface area contributed by atoms with Crippen LogP contribution in [-0.2, 0) is 13.1 Å². The number of aliphatic hydroxyl groups excluding tert-OH is 2. The zero-order valence-electron chi connectivity index (χ0n) is 13.2. The highest BCUT2D eigenvalue weighted by molar-refractivity contribution is 5.63. The number of rotatable bonds is 8. The average Bonchev–Trinajstić information content (AvgIpc) is 2.90. The molecule has 0 radical (unpaired) electrons. The van der Waals surface area contributed by atoms with Crippen molar-refractivity contribution in [2.24, 2.45) is 5.73 Å². The second-order valence-electron chi connectivity index (χ2n) is 5.57. The van der Waals surface area contributed by atoms with Crippen molar-refractivity contribution in [3.05, 3.63) is 41.8 Å². The molecule has 4 N–H and O–H groups in total. The van der Waals surface area contributed by atoms with Crippen molar-refractivity contribution in [3.63, 3.8) is 0 Å². The molecule has 1 aromatic heterocycles. The first-order chi connectivity index (χ1) is 11.0. The van der Waals surface area contributed by atoms with Crippen LogP contribution in [0.15, 0.2) is 30.5 Å². The van der Waals surface area contributed by atoms with Crippen molar-refractivity contribution in [1.29, 1.82) is 0 Å². The van der Waals surface area contributed by atoms with Gasteiger partial charge in [0.15, 0.2) is 0 Å². The molecule has 23 heavy (non-hydrogen) atoms. The van der Waals surface area contributed by atoms with Crippen LogP contribution in [0.25, 0.3) is 11.3 Å². The molecule has 0 fully saturated rings. The van der Waals surface area contributed by atoms with Crippen molar-refractivity contribution < 1.29 is 14.6 Å². The van der Waals surface area contributed by atoms with Gasteiger partial charge in [-0.3, -0.25) is 4.68 Å². The van der Waals surface area contributed by atoms with Crippen LogP contribution in [-0.4, -0.2) is 57.7 Å². The molecule has 0 aliphatic heterocycles. The smallest absolute Gasteiger partial charge is 0.123 e. The Bertz CT molecular complexity index is 615. The van der Waals surface area contributed by atoms with Gasteiger partial charge in [-0.2, -0.15) is 5.10 Å². The van der Waals surface area contributed by atoms with E-state index in [1.54, 1.807) is 23.0 Å². The van der Waals surface area contributed by atoms with Crippen LogP contribution in [0.3, 0.4) is 0 Å². The Morgan fingerprint density at radius 3 is 2.65 bits per heavy atom. The Kier molecular flexibility index (Phi) is 6.23. The van der Waals surface area contributed by atoms with E-state index in [-0.39, 0.29) is 19.0 Å². The first-order valence-corrected chi connectivity index (χ1v) is 7.53. The van der Waals surface area contributed by atoms with E-state index in [9.17, 15) is 9.50 Å². The topological polar surface area (TPSA) is 87.5 Å². The molecular weight excluding hydrogens is 299 g/mol. The van der Waals surface area contributed by atoms with Crippen molar-refractivity contribution in [1.82, 2.24) is 14.7 Å². The first-order valence-electron chi connectivity index (χ1n) is 7.53. The summed E-state index contributed by atoms with van der Waals surface area (Å²) in [5.41, 5.74) is 8.15. The third-order valence-corrected chi connectivity index (χ3v) is 3.58. The third kappa shape index (κ3) is 4.59. The highest BCUT2D eigenvalue weighted by Gasteiger charge is 2.16.